The summed E-state index contributed by atoms with van der Waals surface area (Å²) >= 11 is 0. The number of carbonyl (C=O) groups excluding carboxylic acids is 2. The Morgan fingerprint density at radius 2 is 1.65 bits per heavy atom. The smallest absolute Gasteiger partial charge is 0.330 e. The fourth-order valence-electron chi connectivity index (χ4n) is 1.84. The summed E-state index contributed by atoms with van der Waals surface area (Å²) in [6.07, 6.45) is 0. The van der Waals surface area contributed by atoms with Crippen molar-refractivity contribution >= 4 is 17.7 Å². The van der Waals surface area contributed by atoms with Gasteiger partial charge in [0.25, 0.3) is 0 Å². The number of anilines is 1. The largest absolute Gasteiger partial charge is 0.468 e. The number of amides is 2. The predicted molar refractivity (Wildman–Crippen MR) is 85.0 cm³/mol. The maximum atomic E-state index is 11.4. The first-order valence-corrected chi connectivity index (χ1v) is 6.82. The lowest BCUT2D eigenvalue weighted by Gasteiger charge is -2.23. The third kappa shape index (κ3) is 4.92. The van der Waals surface area contributed by atoms with Crippen LogP contribution in [-0.2, 0) is 9.53 Å². The lowest BCUT2D eigenvalue weighted by atomic mass is 10.3. The van der Waals surface area contributed by atoms with Crippen LogP contribution >= 0.6 is 0 Å². The fourth-order valence-corrected chi connectivity index (χ4v) is 1.84. The van der Waals surface area contributed by atoms with E-state index in [0.717, 1.165) is 0 Å². The molecule has 7 heteroatoms. The summed E-state index contributed by atoms with van der Waals surface area (Å²) in [6.45, 7) is -0.168. The number of hydrogen-bond acceptors (Lipinski definition) is 5. The van der Waals surface area contributed by atoms with Gasteiger partial charge in [-0.25, -0.2) is 10.2 Å². The Morgan fingerprint density at radius 3 is 2.22 bits per heavy atom. The van der Waals surface area contributed by atoms with Gasteiger partial charge in [0, 0.05) is 0 Å². The number of nitrogens with zero attached hydrogens (tertiary/aromatic N) is 1. The van der Waals surface area contributed by atoms with Crippen molar-refractivity contribution in [2.75, 3.05) is 18.7 Å². The molecule has 0 saturated heterocycles. The van der Waals surface area contributed by atoms with Gasteiger partial charge < -0.3 is 15.2 Å². The van der Waals surface area contributed by atoms with Crippen LogP contribution in [-0.4, -0.2) is 25.7 Å². The highest BCUT2D eigenvalue weighted by molar-refractivity contribution is 5.79. The number of benzene rings is 2. The summed E-state index contributed by atoms with van der Waals surface area (Å²) in [5.41, 5.74) is 8.04. The Hall–Kier alpha value is -3.22. The van der Waals surface area contributed by atoms with Gasteiger partial charge in [-0.3, -0.25) is 9.80 Å². The number of primary amides is 1. The maximum Gasteiger partial charge on any atom is 0.330 e. The Labute approximate surface area is 133 Å². The van der Waals surface area contributed by atoms with E-state index in [-0.39, 0.29) is 6.54 Å². The van der Waals surface area contributed by atoms with Gasteiger partial charge in [-0.15, -0.1) is 0 Å². The van der Waals surface area contributed by atoms with Crippen molar-refractivity contribution in [2.45, 2.75) is 0 Å². The lowest BCUT2D eigenvalue weighted by molar-refractivity contribution is -0.139. The van der Waals surface area contributed by atoms with Crippen LogP contribution in [0.3, 0.4) is 0 Å². The third-order valence-corrected chi connectivity index (χ3v) is 2.89. The number of hydrogen-bond donors (Lipinski definition) is 2. The molecule has 120 valence electrons. The highest BCUT2D eigenvalue weighted by atomic mass is 16.5. The summed E-state index contributed by atoms with van der Waals surface area (Å²) in [5.74, 6) is 0.822. The number of nitrogens with one attached hydrogen (secondary N) is 1. The second-order valence-corrected chi connectivity index (χ2v) is 4.55. The minimum Gasteiger partial charge on any atom is -0.468 e. The average Bonchev–Trinajstić information content (AvgIpc) is 2.55. The number of nitrogens with two attached hydrogens (primary N) is 1. The number of hydrazine groups is 1. The van der Waals surface area contributed by atoms with Crippen molar-refractivity contribution < 1.29 is 19.1 Å². The predicted octanol–water partition coefficient (Wildman–Crippen LogP) is 2.04. The van der Waals surface area contributed by atoms with E-state index in [2.05, 4.69) is 10.2 Å². The van der Waals surface area contributed by atoms with Crippen LogP contribution in [0, 0.1) is 0 Å². The van der Waals surface area contributed by atoms with Crippen LogP contribution in [0.15, 0.2) is 54.6 Å². The van der Waals surface area contributed by atoms with Gasteiger partial charge in [0.15, 0.2) is 0 Å². The Morgan fingerprint density at radius 1 is 1.04 bits per heavy atom. The molecule has 0 fully saturated rings. The van der Waals surface area contributed by atoms with Crippen molar-refractivity contribution in [2.24, 2.45) is 5.73 Å². The molecule has 0 aliphatic rings. The molecule has 0 heterocycles. The van der Waals surface area contributed by atoms with Crippen molar-refractivity contribution in [1.82, 2.24) is 5.43 Å². The zero-order valence-electron chi connectivity index (χ0n) is 12.6. The molecule has 0 atom stereocenters. The van der Waals surface area contributed by atoms with E-state index < -0.39 is 12.0 Å². The quantitative estimate of drug-likeness (QED) is 0.628. The minimum absolute atomic E-state index is 0.168. The van der Waals surface area contributed by atoms with E-state index in [1.807, 2.05) is 30.3 Å². The first-order valence-electron chi connectivity index (χ1n) is 6.82. The molecule has 0 aliphatic carbocycles. The van der Waals surface area contributed by atoms with Gasteiger partial charge in [-0.2, -0.15) is 0 Å². The molecule has 0 unspecified atom stereocenters. The SMILES string of the molecule is COC(=O)CN(NC(N)=O)c1ccc(Oc2ccccc2)cc1. The molecule has 2 aromatic rings. The minimum atomic E-state index is -0.779. The normalized spacial score (nSPS) is 9.78. The summed E-state index contributed by atoms with van der Waals surface area (Å²) < 4.78 is 10.3. The van der Waals surface area contributed by atoms with Crippen molar-refractivity contribution in [1.29, 1.82) is 0 Å². The first-order chi connectivity index (χ1) is 11.1. The maximum absolute atomic E-state index is 11.4. The Kier molecular flexibility index (Phi) is 5.40. The molecule has 0 radical (unpaired) electrons. The molecule has 0 aromatic heterocycles. The van der Waals surface area contributed by atoms with Crippen LogP contribution in [0.5, 0.6) is 11.5 Å². The van der Waals surface area contributed by atoms with Crippen molar-refractivity contribution in [3.05, 3.63) is 54.6 Å². The van der Waals surface area contributed by atoms with Gasteiger partial charge in [-0.05, 0) is 36.4 Å². The molecule has 0 spiro atoms. The standard InChI is InChI=1S/C16H17N3O4/c1-22-15(20)11-19(18-16(17)21)12-7-9-14(10-8-12)23-13-5-3-2-4-6-13/h2-10H,11H2,1H3,(H3,17,18,21). The average molecular weight is 315 g/mol. The summed E-state index contributed by atoms with van der Waals surface area (Å²) in [5, 5.41) is 1.29. The first kappa shape index (κ1) is 16.2. The van der Waals surface area contributed by atoms with Gasteiger partial charge in [0.2, 0.25) is 0 Å². The Balaban J connectivity index is 2.11. The number of methoxy groups -OCH3 is 1. The number of carbonyl (C=O) groups is 2. The fraction of sp³-hybridized carbons (Fsp3) is 0.125. The molecular formula is C16H17N3O4. The summed E-state index contributed by atoms with van der Waals surface area (Å²) in [6, 6.07) is 15.4. The molecule has 0 bridgehead atoms. The summed E-state index contributed by atoms with van der Waals surface area (Å²) in [7, 11) is 1.27. The second kappa shape index (κ2) is 7.69. The van der Waals surface area contributed by atoms with Gasteiger partial charge >= 0.3 is 12.0 Å². The second-order valence-electron chi connectivity index (χ2n) is 4.55. The van der Waals surface area contributed by atoms with E-state index in [1.54, 1.807) is 24.3 Å². The number of rotatable bonds is 6. The van der Waals surface area contributed by atoms with E-state index in [4.69, 9.17) is 10.5 Å². The molecule has 7 nitrogen and oxygen atoms in total. The van der Waals surface area contributed by atoms with Gasteiger partial charge in [0.05, 0.1) is 12.8 Å². The van der Waals surface area contributed by atoms with E-state index in [1.165, 1.54) is 12.1 Å². The van der Waals surface area contributed by atoms with Crippen LogP contribution in [0.4, 0.5) is 10.5 Å². The number of urea groups is 1. The molecule has 3 N–H and O–H groups in total. The Bertz CT molecular complexity index is 659. The van der Waals surface area contributed by atoms with Gasteiger partial charge in [0.1, 0.15) is 18.0 Å². The molecule has 2 aromatic carbocycles. The molecule has 2 amide bonds. The molecular weight excluding hydrogens is 298 g/mol. The zero-order valence-corrected chi connectivity index (χ0v) is 12.6. The highest BCUT2D eigenvalue weighted by Crippen LogP contribution is 2.23. The number of para-hydroxylation sites is 1. The molecule has 23 heavy (non-hydrogen) atoms. The van der Waals surface area contributed by atoms with Crippen molar-refractivity contribution in [3.63, 3.8) is 0 Å². The topological polar surface area (TPSA) is 93.9 Å². The molecule has 2 rings (SSSR count). The van der Waals surface area contributed by atoms with Crippen LogP contribution in [0.2, 0.25) is 0 Å². The molecule has 0 saturated carbocycles. The number of esters is 1. The van der Waals surface area contributed by atoms with Crippen LogP contribution in [0.25, 0.3) is 0 Å². The highest BCUT2D eigenvalue weighted by Gasteiger charge is 2.13. The van der Waals surface area contributed by atoms with E-state index >= 15 is 0 Å². The monoisotopic (exact) mass is 315 g/mol. The van der Waals surface area contributed by atoms with Crippen LogP contribution in [0.1, 0.15) is 0 Å². The molecule has 0 aliphatic heterocycles. The van der Waals surface area contributed by atoms with Crippen molar-refractivity contribution in [3.8, 4) is 11.5 Å². The number of ether oxygens (including phenoxy) is 2. The van der Waals surface area contributed by atoms with Crippen LogP contribution < -0.4 is 20.9 Å². The van der Waals surface area contributed by atoms with E-state index in [0.29, 0.717) is 17.2 Å². The third-order valence-electron chi connectivity index (χ3n) is 2.89. The van der Waals surface area contributed by atoms with E-state index in [9.17, 15) is 9.59 Å². The lowest BCUT2D eigenvalue weighted by Crippen LogP contribution is -2.47. The zero-order chi connectivity index (χ0) is 16.7. The van der Waals surface area contributed by atoms with Gasteiger partial charge in [-0.1, -0.05) is 18.2 Å². The summed E-state index contributed by atoms with van der Waals surface area (Å²) in [4.78, 5) is 22.5.